The molecule has 0 amide bonds. The van der Waals surface area contributed by atoms with Crippen molar-refractivity contribution >= 4 is 0 Å². The largest absolute Gasteiger partial charge is 0.376 e. The number of hydrogen-bond donors (Lipinski definition) is 1. The number of rotatable bonds is 5. The highest BCUT2D eigenvalue weighted by Crippen LogP contribution is 2.23. The molecule has 2 rings (SSSR count). The van der Waals surface area contributed by atoms with Gasteiger partial charge in [0, 0.05) is 0 Å². The first-order valence-corrected chi connectivity index (χ1v) is 6.65. The summed E-state index contributed by atoms with van der Waals surface area (Å²) >= 11 is 0. The minimum atomic E-state index is 0.316. The topological polar surface area (TPSA) is 21.3 Å². The summed E-state index contributed by atoms with van der Waals surface area (Å²) in [5.41, 5.74) is 2.69. The van der Waals surface area contributed by atoms with Crippen LogP contribution in [0.25, 0.3) is 0 Å². The third-order valence-electron chi connectivity index (χ3n) is 3.71. The lowest BCUT2D eigenvalue weighted by atomic mass is 10.0. The highest BCUT2D eigenvalue weighted by atomic mass is 16.5. The molecule has 0 spiro atoms. The van der Waals surface area contributed by atoms with Gasteiger partial charge in [-0.25, -0.2) is 0 Å². The van der Waals surface area contributed by atoms with Gasteiger partial charge in [0.2, 0.25) is 0 Å². The first-order chi connectivity index (χ1) is 8.31. The molecule has 1 aromatic carbocycles. The minimum absolute atomic E-state index is 0.316. The smallest absolute Gasteiger partial charge is 0.0665 e. The Morgan fingerprint density at radius 2 is 2.00 bits per heavy atom. The Morgan fingerprint density at radius 3 is 2.65 bits per heavy atom. The predicted molar refractivity (Wildman–Crippen MR) is 71.2 cm³/mol. The van der Waals surface area contributed by atoms with E-state index in [9.17, 15) is 0 Å². The second-order valence-electron chi connectivity index (χ2n) is 4.94. The summed E-state index contributed by atoms with van der Waals surface area (Å²) in [5, 5.41) is 3.36. The normalized spacial score (nSPS) is 18.5. The summed E-state index contributed by atoms with van der Waals surface area (Å²) in [6, 6.07) is 8.85. The van der Waals surface area contributed by atoms with E-state index in [0.717, 1.165) is 6.61 Å². The summed E-state index contributed by atoms with van der Waals surface area (Å²) < 4.78 is 6.00. The first kappa shape index (κ1) is 12.6. The molecule has 0 aliphatic heterocycles. The van der Waals surface area contributed by atoms with Gasteiger partial charge in [-0.1, -0.05) is 37.1 Å². The standard InChI is InChI=1S/C15H23NO/c1-12-7-3-6-10-14(12)15(16-2)11-17-13-8-4-5-9-13/h3,6-7,10,13,15-16H,4-5,8-9,11H2,1-2H3. The van der Waals surface area contributed by atoms with Crippen molar-refractivity contribution in [2.75, 3.05) is 13.7 Å². The molecule has 0 bridgehead atoms. The van der Waals surface area contributed by atoms with Crippen molar-refractivity contribution in [3.05, 3.63) is 35.4 Å². The van der Waals surface area contributed by atoms with Crippen LogP contribution in [0.4, 0.5) is 0 Å². The second-order valence-corrected chi connectivity index (χ2v) is 4.94. The maximum Gasteiger partial charge on any atom is 0.0665 e. The van der Waals surface area contributed by atoms with E-state index in [1.807, 2.05) is 7.05 Å². The molecule has 1 N–H and O–H groups in total. The average Bonchev–Trinajstić information content (AvgIpc) is 2.85. The summed E-state index contributed by atoms with van der Waals surface area (Å²) in [6.07, 6.45) is 5.64. The second kappa shape index (κ2) is 6.18. The fraction of sp³-hybridized carbons (Fsp3) is 0.600. The quantitative estimate of drug-likeness (QED) is 0.843. The van der Waals surface area contributed by atoms with Gasteiger partial charge in [-0.2, -0.15) is 0 Å². The maximum absolute atomic E-state index is 6.00. The molecule has 2 heteroatoms. The van der Waals surface area contributed by atoms with Crippen LogP contribution in [0.5, 0.6) is 0 Å². The molecule has 1 saturated carbocycles. The monoisotopic (exact) mass is 233 g/mol. The number of aryl methyl sites for hydroxylation is 1. The zero-order valence-electron chi connectivity index (χ0n) is 10.9. The van der Waals surface area contributed by atoms with E-state index in [0.29, 0.717) is 12.1 Å². The van der Waals surface area contributed by atoms with Crippen LogP contribution >= 0.6 is 0 Å². The molecule has 2 nitrogen and oxygen atoms in total. The van der Waals surface area contributed by atoms with Gasteiger partial charge in [-0.15, -0.1) is 0 Å². The van der Waals surface area contributed by atoms with E-state index in [-0.39, 0.29) is 0 Å². The van der Waals surface area contributed by atoms with Crippen molar-refractivity contribution in [2.24, 2.45) is 0 Å². The van der Waals surface area contributed by atoms with Crippen molar-refractivity contribution in [1.29, 1.82) is 0 Å². The molecule has 94 valence electrons. The van der Waals surface area contributed by atoms with Gasteiger partial charge >= 0.3 is 0 Å². The van der Waals surface area contributed by atoms with E-state index < -0.39 is 0 Å². The lowest BCUT2D eigenvalue weighted by Crippen LogP contribution is -2.25. The van der Waals surface area contributed by atoms with E-state index in [2.05, 4.69) is 36.5 Å². The molecule has 1 fully saturated rings. The lowest BCUT2D eigenvalue weighted by molar-refractivity contribution is 0.0438. The van der Waals surface area contributed by atoms with Crippen molar-refractivity contribution in [2.45, 2.75) is 44.8 Å². The van der Waals surface area contributed by atoms with Crippen LogP contribution in [0, 0.1) is 6.92 Å². The van der Waals surface area contributed by atoms with Gasteiger partial charge in [-0.05, 0) is 37.9 Å². The van der Waals surface area contributed by atoms with Crippen molar-refractivity contribution in [1.82, 2.24) is 5.32 Å². The Kier molecular flexibility index (Phi) is 4.57. The van der Waals surface area contributed by atoms with Gasteiger partial charge in [-0.3, -0.25) is 0 Å². The van der Waals surface area contributed by atoms with Gasteiger partial charge in [0.1, 0.15) is 0 Å². The van der Waals surface area contributed by atoms with E-state index in [1.165, 1.54) is 36.8 Å². The third-order valence-corrected chi connectivity index (χ3v) is 3.71. The first-order valence-electron chi connectivity index (χ1n) is 6.65. The van der Waals surface area contributed by atoms with Gasteiger partial charge in [0.25, 0.3) is 0 Å². The number of nitrogens with one attached hydrogen (secondary N) is 1. The van der Waals surface area contributed by atoms with Gasteiger partial charge < -0.3 is 10.1 Å². The third kappa shape index (κ3) is 3.30. The van der Waals surface area contributed by atoms with E-state index in [4.69, 9.17) is 4.74 Å². The molecule has 1 atom stereocenters. The fourth-order valence-electron chi connectivity index (χ4n) is 2.59. The molecule has 1 aromatic rings. The molecule has 1 unspecified atom stereocenters. The van der Waals surface area contributed by atoms with Crippen LogP contribution in [0.3, 0.4) is 0 Å². The van der Waals surface area contributed by atoms with Gasteiger partial charge in [0.15, 0.2) is 0 Å². The van der Waals surface area contributed by atoms with Crippen molar-refractivity contribution in [3.8, 4) is 0 Å². The van der Waals surface area contributed by atoms with Gasteiger partial charge in [0.05, 0.1) is 18.8 Å². The summed E-state index contributed by atoms with van der Waals surface area (Å²) in [5.74, 6) is 0. The zero-order valence-corrected chi connectivity index (χ0v) is 10.9. The molecule has 0 heterocycles. The van der Waals surface area contributed by atoms with Crippen LogP contribution in [0.15, 0.2) is 24.3 Å². The lowest BCUT2D eigenvalue weighted by Gasteiger charge is -2.21. The number of likely N-dealkylation sites (N-methyl/N-ethyl adjacent to an activating group) is 1. The average molecular weight is 233 g/mol. The van der Waals surface area contributed by atoms with Crippen molar-refractivity contribution < 1.29 is 4.74 Å². The molecular weight excluding hydrogens is 210 g/mol. The van der Waals surface area contributed by atoms with Crippen LogP contribution in [0.1, 0.15) is 42.9 Å². The number of ether oxygens (including phenoxy) is 1. The Labute approximate surface area is 104 Å². The summed E-state index contributed by atoms with van der Waals surface area (Å²) in [6.45, 7) is 2.95. The Hall–Kier alpha value is -0.860. The van der Waals surface area contributed by atoms with E-state index in [1.54, 1.807) is 0 Å². The number of hydrogen-bond acceptors (Lipinski definition) is 2. The predicted octanol–water partition coefficient (Wildman–Crippen LogP) is 3.21. The van der Waals surface area contributed by atoms with Crippen LogP contribution in [0.2, 0.25) is 0 Å². The summed E-state index contributed by atoms with van der Waals surface area (Å²) in [4.78, 5) is 0. The van der Waals surface area contributed by atoms with Crippen molar-refractivity contribution in [3.63, 3.8) is 0 Å². The highest BCUT2D eigenvalue weighted by Gasteiger charge is 2.18. The SMILES string of the molecule is CNC(COC1CCCC1)c1ccccc1C. The number of benzene rings is 1. The van der Waals surface area contributed by atoms with E-state index >= 15 is 0 Å². The Morgan fingerprint density at radius 1 is 1.29 bits per heavy atom. The van der Waals surface area contributed by atoms with Crippen LogP contribution < -0.4 is 5.32 Å². The Bertz CT molecular complexity index is 345. The molecule has 0 aromatic heterocycles. The maximum atomic E-state index is 6.00. The minimum Gasteiger partial charge on any atom is -0.376 e. The molecule has 1 aliphatic rings. The molecule has 0 saturated heterocycles. The fourth-order valence-corrected chi connectivity index (χ4v) is 2.59. The highest BCUT2D eigenvalue weighted by molar-refractivity contribution is 5.28. The Balaban J connectivity index is 1.94. The molecule has 17 heavy (non-hydrogen) atoms. The molecule has 0 radical (unpaired) electrons. The van der Waals surface area contributed by atoms with Crippen LogP contribution in [-0.4, -0.2) is 19.8 Å². The zero-order chi connectivity index (χ0) is 12.1. The molecule has 1 aliphatic carbocycles. The van der Waals surface area contributed by atoms with Crippen LogP contribution in [-0.2, 0) is 4.74 Å². The summed E-state index contributed by atoms with van der Waals surface area (Å²) in [7, 11) is 2.01. The molecular formula is C15H23NO.